The molecule has 9 aromatic rings. The van der Waals surface area contributed by atoms with E-state index in [0.29, 0.717) is 0 Å². The molecule has 0 fully saturated rings. The molecule has 0 saturated carbocycles. The van der Waals surface area contributed by atoms with Gasteiger partial charge in [0.15, 0.2) is 0 Å². The number of rotatable bonds is 33. The number of nitrogens with zero attached hydrogens (tertiary/aromatic N) is 2. The molecular weight excluding hydrogens is 981 g/mol. The van der Waals surface area contributed by atoms with Crippen LogP contribution in [-0.2, 0) is 12.0 Å². The molecule has 10 rings (SSSR count). The van der Waals surface area contributed by atoms with Gasteiger partial charge in [-0.15, -0.1) is 0 Å². The number of unbranched alkanes of at least 4 members (excludes halogenated alkanes) is 20. The molecule has 0 saturated heterocycles. The number of imidazole rings is 1. The quantitative estimate of drug-likeness (QED) is 0.0303. The average molecular weight is 1080 g/mol. The number of hydrogen-bond donors (Lipinski definition) is 0. The van der Waals surface area contributed by atoms with Crippen LogP contribution in [0.25, 0.3) is 88.5 Å². The summed E-state index contributed by atoms with van der Waals surface area (Å²) in [4.78, 5) is 5.81. The largest absolute Gasteiger partial charge is 0.494 e. The molecule has 422 valence electrons. The molecule has 0 bridgehead atoms. The van der Waals surface area contributed by atoms with Gasteiger partial charge in [0.2, 0.25) is 0 Å². The van der Waals surface area contributed by atoms with Crippen molar-refractivity contribution in [1.29, 1.82) is 0 Å². The maximum atomic E-state index is 6.36. The highest BCUT2D eigenvalue weighted by molar-refractivity contribution is 6.25. The van der Waals surface area contributed by atoms with Crippen LogP contribution in [-0.4, -0.2) is 16.2 Å². The molecule has 1 aliphatic rings. The van der Waals surface area contributed by atoms with E-state index < -0.39 is 0 Å². The predicted molar refractivity (Wildman–Crippen MR) is 351 cm³/mol. The molecule has 0 unspecified atom stereocenters. The van der Waals surface area contributed by atoms with Gasteiger partial charge in [-0.25, -0.2) is 4.98 Å². The summed E-state index contributed by atoms with van der Waals surface area (Å²) in [5, 5.41) is 5.05. The second-order valence-electron chi connectivity index (χ2n) is 24.1. The van der Waals surface area contributed by atoms with Crippen LogP contribution < -0.4 is 4.74 Å². The molecule has 1 heterocycles. The molecule has 8 aromatic carbocycles. The Balaban J connectivity index is 1.11. The molecule has 81 heavy (non-hydrogen) atoms. The van der Waals surface area contributed by atoms with Crippen LogP contribution in [0.4, 0.5) is 0 Å². The lowest BCUT2D eigenvalue weighted by atomic mass is 9.70. The third kappa shape index (κ3) is 13.6. The minimum Gasteiger partial charge on any atom is -0.494 e. The van der Waals surface area contributed by atoms with E-state index in [1.807, 2.05) is 0 Å². The number of ether oxygens (including phenoxy) is 1. The lowest BCUT2D eigenvalue weighted by molar-refractivity contribution is 0.304. The van der Waals surface area contributed by atoms with Gasteiger partial charge in [0.25, 0.3) is 0 Å². The Kier molecular flexibility index (Phi) is 20.7. The van der Waals surface area contributed by atoms with Gasteiger partial charge in [-0.05, 0) is 141 Å². The summed E-state index contributed by atoms with van der Waals surface area (Å²) < 4.78 is 8.97. The highest BCUT2D eigenvalue weighted by Crippen LogP contribution is 2.56. The van der Waals surface area contributed by atoms with Crippen LogP contribution in [0.2, 0.25) is 0 Å². The molecule has 3 heteroatoms. The monoisotopic (exact) mass is 1070 g/mol. The second kappa shape index (κ2) is 29.0. The average Bonchev–Trinajstić information content (AvgIpc) is 4.28. The third-order valence-electron chi connectivity index (χ3n) is 18.2. The highest BCUT2D eigenvalue weighted by Gasteiger charge is 2.42. The van der Waals surface area contributed by atoms with Crippen molar-refractivity contribution in [2.45, 2.75) is 207 Å². The molecular formula is C78H94N2O. The fourth-order valence-electron chi connectivity index (χ4n) is 13.7. The normalized spacial score (nSPS) is 12.7. The summed E-state index contributed by atoms with van der Waals surface area (Å²) in [5.74, 6) is 1.99. The molecule has 0 radical (unpaired) electrons. The first-order valence-electron chi connectivity index (χ1n) is 32.6. The highest BCUT2D eigenvalue weighted by atomic mass is 16.5. The summed E-state index contributed by atoms with van der Waals surface area (Å²) in [6.07, 6.45) is 33.1. The first-order chi connectivity index (χ1) is 40.0. The Hall–Kier alpha value is -6.45. The van der Waals surface area contributed by atoms with Crippen molar-refractivity contribution in [2.24, 2.45) is 0 Å². The standard InChI is InChI=1S/C78H94N2O/c1-5-9-13-17-21-31-51-78(52-32-22-18-14-10-6-2)73-57-64(60-37-29-26-30-38-60)43-49-69(73)70-50-44-65(58-74(70)78)63-42-48-68-67-47-41-62(59-35-27-25-28-36-59)55-71(67)75-76(72(68)56-63)80(53-33-23-19-15-11-7-3)77(79-75)61-39-45-66(46-40-61)81-54-34-24-20-16-12-8-4/h25-30,35-50,55-58H,5-24,31-34,51-54H2,1-4H3. The molecule has 0 atom stereocenters. The van der Waals surface area contributed by atoms with Crippen molar-refractivity contribution in [1.82, 2.24) is 9.55 Å². The number of hydrogen-bond acceptors (Lipinski definition) is 2. The second-order valence-corrected chi connectivity index (χ2v) is 24.1. The van der Waals surface area contributed by atoms with Gasteiger partial charge >= 0.3 is 0 Å². The van der Waals surface area contributed by atoms with E-state index in [2.05, 4.69) is 190 Å². The van der Waals surface area contributed by atoms with E-state index in [1.165, 1.54) is 226 Å². The zero-order valence-electron chi connectivity index (χ0n) is 50.1. The molecule has 0 amide bonds. The first-order valence-corrected chi connectivity index (χ1v) is 32.6. The molecule has 0 spiro atoms. The van der Waals surface area contributed by atoms with Crippen molar-refractivity contribution in [3.05, 3.63) is 169 Å². The van der Waals surface area contributed by atoms with Crippen LogP contribution in [0.5, 0.6) is 5.75 Å². The van der Waals surface area contributed by atoms with Gasteiger partial charge in [-0.3, -0.25) is 0 Å². The zero-order valence-corrected chi connectivity index (χ0v) is 50.1. The summed E-state index contributed by atoms with van der Waals surface area (Å²) in [7, 11) is 0. The van der Waals surface area contributed by atoms with Crippen LogP contribution in [0.3, 0.4) is 0 Å². The third-order valence-corrected chi connectivity index (χ3v) is 18.2. The van der Waals surface area contributed by atoms with Crippen LogP contribution in [0.15, 0.2) is 158 Å². The lowest BCUT2D eigenvalue weighted by Crippen LogP contribution is -2.25. The van der Waals surface area contributed by atoms with Crippen molar-refractivity contribution in [2.75, 3.05) is 6.61 Å². The maximum absolute atomic E-state index is 6.36. The minimum atomic E-state index is -0.0444. The number of aromatic nitrogens is 2. The Morgan fingerprint density at radius 1 is 0.358 bits per heavy atom. The van der Waals surface area contributed by atoms with Gasteiger partial charge in [-0.1, -0.05) is 278 Å². The van der Waals surface area contributed by atoms with Crippen molar-refractivity contribution >= 4 is 32.6 Å². The minimum absolute atomic E-state index is 0.0444. The Bertz CT molecular complexity index is 3390. The zero-order chi connectivity index (χ0) is 55.6. The van der Waals surface area contributed by atoms with Gasteiger partial charge < -0.3 is 9.30 Å². The van der Waals surface area contributed by atoms with E-state index in [0.717, 1.165) is 48.6 Å². The van der Waals surface area contributed by atoms with E-state index in [1.54, 1.807) is 11.1 Å². The van der Waals surface area contributed by atoms with E-state index in [4.69, 9.17) is 9.72 Å². The first kappa shape index (κ1) is 57.8. The topological polar surface area (TPSA) is 27.1 Å². The fourth-order valence-corrected chi connectivity index (χ4v) is 13.7. The number of aryl methyl sites for hydroxylation is 1. The van der Waals surface area contributed by atoms with Gasteiger partial charge in [0, 0.05) is 28.3 Å². The van der Waals surface area contributed by atoms with Gasteiger partial charge in [0.1, 0.15) is 11.6 Å². The van der Waals surface area contributed by atoms with E-state index in [-0.39, 0.29) is 5.41 Å². The summed E-state index contributed by atoms with van der Waals surface area (Å²) in [5.41, 5.74) is 17.1. The van der Waals surface area contributed by atoms with Crippen LogP contribution >= 0.6 is 0 Å². The van der Waals surface area contributed by atoms with Gasteiger partial charge in [-0.2, -0.15) is 0 Å². The molecule has 0 N–H and O–H groups in total. The number of fused-ring (bicyclic) bond motifs is 9. The van der Waals surface area contributed by atoms with Crippen LogP contribution in [0.1, 0.15) is 206 Å². The number of benzene rings is 8. The Morgan fingerprint density at radius 2 is 0.778 bits per heavy atom. The Morgan fingerprint density at radius 3 is 1.32 bits per heavy atom. The predicted octanol–water partition coefficient (Wildman–Crippen LogP) is 23.9. The molecule has 1 aromatic heterocycles. The SMILES string of the molecule is CCCCCCCCOc1ccc(-c2nc3c4cc(-c5ccccc5)ccc4c4ccc(-c5ccc6c(c5)C(CCCCCCCC)(CCCCCCCC)c5cc(-c7ccccc7)ccc5-6)cc4c3n2CCCCCCCC)cc1. The van der Waals surface area contributed by atoms with E-state index >= 15 is 0 Å². The molecule has 1 aliphatic carbocycles. The summed E-state index contributed by atoms with van der Waals surface area (Å²) in [6.45, 7) is 10.9. The van der Waals surface area contributed by atoms with Crippen LogP contribution in [0, 0.1) is 0 Å². The summed E-state index contributed by atoms with van der Waals surface area (Å²) in [6, 6.07) is 60.5. The van der Waals surface area contributed by atoms with Crippen molar-refractivity contribution in [3.63, 3.8) is 0 Å². The maximum Gasteiger partial charge on any atom is 0.141 e. The van der Waals surface area contributed by atoms with E-state index in [9.17, 15) is 0 Å². The van der Waals surface area contributed by atoms with Crippen molar-refractivity contribution < 1.29 is 4.74 Å². The molecule has 0 aliphatic heterocycles. The van der Waals surface area contributed by atoms with Gasteiger partial charge in [0.05, 0.1) is 17.6 Å². The molecule has 3 nitrogen and oxygen atoms in total. The Labute approximate surface area is 488 Å². The fraction of sp³-hybridized carbons (Fsp3) is 0.423. The van der Waals surface area contributed by atoms with Crippen molar-refractivity contribution in [3.8, 4) is 61.6 Å². The lowest BCUT2D eigenvalue weighted by Gasteiger charge is -2.33. The summed E-state index contributed by atoms with van der Waals surface area (Å²) >= 11 is 0. The smallest absolute Gasteiger partial charge is 0.141 e.